The summed E-state index contributed by atoms with van der Waals surface area (Å²) < 4.78 is 0. The molecule has 0 aliphatic heterocycles. The fourth-order valence-corrected chi connectivity index (χ4v) is 2.17. The topological polar surface area (TPSA) is 55.1 Å². The van der Waals surface area contributed by atoms with Gasteiger partial charge in [0.1, 0.15) is 0 Å². The van der Waals surface area contributed by atoms with E-state index in [0.717, 1.165) is 5.56 Å². The molecule has 0 bridgehead atoms. The maximum Gasteiger partial charge on any atom is 0.253 e. The Bertz CT molecular complexity index is 626. The zero-order valence-electron chi connectivity index (χ0n) is 10.9. The van der Waals surface area contributed by atoms with E-state index in [2.05, 4.69) is 5.32 Å². The molecule has 20 heavy (non-hydrogen) atoms. The third-order valence-corrected chi connectivity index (χ3v) is 3.66. The summed E-state index contributed by atoms with van der Waals surface area (Å²) in [7, 11) is 0. The first kappa shape index (κ1) is 14.7. The number of carbonyl (C=O) groups is 1. The van der Waals surface area contributed by atoms with Gasteiger partial charge in [-0.3, -0.25) is 4.79 Å². The number of anilines is 1. The van der Waals surface area contributed by atoms with Gasteiger partial charge in [0.15, 0.2) is 0 Å². The smallest absolute Gasteiger partial charge is 0.253 e. The number of nitrogen functional groups attached to an aromatic ring is 1. The SMILES string of the molecule is CC(NC(=O)c1cccc(N)c1Cl)c1ccc(Cl)cc1. The van der Waals surface area contributed by atoms with Crippen molar-refractivity contribution in [2.75, 3.05) is 5.73 Å². The van der Waals surface area contributed by atoms with Crippen molar-refractivity contribution in [3.63, 3.8) is 0 Å². The summed E-state index contributed by atoms with van der Waals surface area (Å²) in [6, 6.07) is 12.1. The van der Waals surface area contributed by atoms with E-state index in [4.69, 9.17) is 28.9 Å². The molecule has 3 nitrogen and oxygen atoms in total. The lowest BCUT2D eigenvalue weighted by Gasteiger charge is -2.15. The molecule has 0 aliphatic rings. The van der Waals surface area contributed by atoms with Crippen molar-refractivity contribution in [1.82, 2.24) is 5.32 Å². The van der Waals surface area contributed by atoms with Crippen LogP contribution in [0.25, 0.3) is 0 Å². The van der Waals surface area contributed by atoms with E-state index in [1.54, 1.807) is 30.3 Å². The highest BCUT2D eigenvalue weighted by atomic mass is 35.5. The third-order valence-electron chi connectivity index (χ3n) is 2.99. The van der Waals surface area contributed by atoms with Gasteiger partial charge in [-0.15, -0.1) is 0 Å². The van der Waals surface area contributed by atoms with Crippen LogP contribution in [0.2, 0.25) is 10.0 Å². The minimum Gasteiger partial charge on any atom is -0.398 e. The summed E-state index contributed by atoms with van der Waals surface area (Å²) in [5.74, 6) is -0.259. The average molecular weight is 309 g/mol. The monoisotopic (exact) mass is 308 g/mol. The number of benzene rings is 2. The first-order valence-corrected chi connectivity index (χ1v) is 6.85. The molecule has 0 fully saturated rings. The van der Waals surface area contributed by atoms with Crippen LogP contribution in [0.5, 0.6) is 0 Å². The van der Waals surface area contributed by atoms with Crippen molar-refractivity contribution >= 4 is 34.8 Å². The fraction of sp³-hybridized carbons (Fsp3) is 0.133. The molecule has 1 unspecified atom stereocenters. The lowest BCUT2D eigenvalue weighted by molar-refractivity contribution is 0.0940. The predicted molar refractivity (Wildman–Crippen MR) is 83.2 cm³/mol. The maximum atomic E-state index is 12.2. The number of nitrogens with one attached hydrogen (secondary N) is 1. The van der Waals surface area contributed by atoms with Gasteiger partial charge in [0.05, 0.1) is 22.3 Å². The van der Waals surface area contributed by atoms with Gasteiger partial charge in [0.25, 0.3) is 5.91 Å². The zero-order valence-corrected chi connectivity index (χ0v) is 12.4. The number of amides is 1. The molecule has 2 aromatic rings. The minimum absolute atomic E-state index is 0.155. The Balaban J connectivity index is 2.15. The zero-order chi connectivity index (χ0) is 14.7. The second-order valence-corrected chi connectivity index (χ2v) is 5.27. The second kappa shape index (κ2) is 6.16. The Kier molecular flexibility index (Phi) is 4.53. The van der Waals surface area contributed by atoms with Gasteiger partial charge in [0, 0.05) is 5.02 Å². The van der Waals surface area contributed by atoms with E-state index in [1.165, 1.54) is 0 Å². The summed E-state index contributed by atoms with van der Waals surface area (Å²) in [5, 5.41) is 3.81. The Morgan fingerprint density at radius 3 is 2.45 bits per heavy atom. The quantitative estimate of drug-likeness (QED) is 0.840. The molecule has 1 amide bonds. The van der Waals surface area contributed by atoms with Crippen molar-refractivity contribution in [1.29, 1.82) is 0 Å². The van der Waals surface area contributed by atoms with Gasteiger partial charge in [-0.1, -0.05) is 41.4 Å². The summed E-state index contributed by atoms with van der Waals surface area (Å²) in [4.78, 5) is 12.2. The Morgan fingerprint density at radius 2 is 1.80 bits per heavy atom. The van der Waals surface area contributed by atoms with E-state index < -0.39 is 0 Å². The summed E-state index contributed by atoms with van der Waals surface area (Å²) in [6.07, 6.45) is 0. The summed E-state index contributed by atoms with van der Waals surface area (Å²) in [6.45, 7) is 1.89. The standard InChI is InChI=1S/C15H14Cl2N2O/c1-9(10-5-7-11(16)8-6-10)19-15(20)12-3-2-4-13(18)14(12)17/h2-9H,18H2,1H3,(H,19,20). The molecule has 0 heterocycles. The molecule has 2 aromatic carbocycles. The first-order valence-electron chi connectivity index (χ1n) is 6.09. The predicted octanol–water partition coefficient (Wildman–Crippen LogP) is 4.07. The van der Waals surface area contributed by atoms with Gasteiger partial charge in [0.2, 0.25) is 0 Å². The van der Waals surface area contributed by atoms with Gasteiger partial charge in [-0.2, -0.15) is 0 Å². The molecule has 5 heteroatoms. The summed E-state index contributed by atoms with van der Waals surface area (Å²) in [5.41, 5.74) is 7.41. The highest BCUT2D eigenvalue weighted by molar-refractivity contribution is 6.36. The molecule has 3 N–H and O–H groups in total. The first-order chi connectivity index (χ1) is 9.49. The lowest BCUT2D eigenvalue weighted by Crippen LogP contribution is -2.27. The van der Waals surface area contributed by atoms with E-state index in [9.17, 15) is 4.79 Å². The molecule has 0 aromatic heterocycles. The van der Waals surface area contributed by atoms with Crippen molar-refractivity contribution in [3.8, 4) is 0 Å². The Hall–Kier alpha value is -1.71. The van der Waals surface area contributed by atoms with E-state index in [0.29, 0.717) is 16.3 Å². The molecular formula is C15H14Cl2N2O. The molecule has 0 spiro atoms. The van der Waals surface area contributed by atoms with Crippen molar-refractivity contribution in [2.24, 2.45) is 0 Å². The molecule has 1 atom stereocenters. The van der Waals surface area contributed by atoms with Gasteiger partial charge >= 0.3 is 0 Å². The van der Waals surface area contributed by atoms with E-state index in [1.807, 2.05) is 19.1 Å². The Labute approximate surface area is 127 Å². The number of nitrogens with two attached hydrogens (primary N) is 1. The lowest BCUT2D eigenvalue weighted by atomic mass is 10.1. The maximum absolute atomic E-state index is 12.2. The summed E-state index contributed by atoms with van der Waals surface area (Å²) >= 11 is 11.9. The van der Waals surface area contributed by atoms with Crippen molar-refractivity contribution in [3.05, 3.63) is 63.6 Å². The van der Waals surface area contributed by atoms with Crippen molar-refractivity contribution in [2.45, 2.75) is 13.0 Å². The number of hydrogen-bond donors (Lipinski definition) is 2. The van der Waals surface area contributed by atoms with Crippen LogP contribution in [0.4, 0.5) is 5.69 Å². The average Bonchev–Trinajstić information content (AvgIpc) is 2.42. The number of carbonyl (C=O) groups excluding carboxylic acids is 1. The van der Waals surface area contributed by atoms with Gasteiger partial charge in [-0.05, 0) is 36.8 Å². The molecule has 0 saturated carbocycles. The van der Waals surface area contributed by atoms with Gasteiger partial charge < -0.3 is 11.1 Å². The second-order valence-electron chi connectivity index (χ2n) is 4.46. The number of halogens is 2. The third kappa shape index (κ3) is 3.24. The molecule has 104 valence electrons. The van der Waals surface area contributed by atoms with Crippen LogP contribution in [-0.2, 0) is 0 Å². The van der Waals surface area contributed by atoms with Gasteiger partial charge in [-0.25, -0.2) is 0 Å². The van der Waals surface area contributed by atoms with Crippen LogP contribution in [0.1, 0.15) is 28.9 Å². The fourth-order valence-electron chi connectivity index (χ4n) is 1.83. The van der Waals surface area contributed by atoms with Crippen LogP contribution in [0.3, 0.4) is 0 Å². The highest BCUT2D eigenvalue weighted by Crippen LogP contribution is 2.24. The normalized spacial score (nSPS) is 11.9. The molecule has 0 radical (unpaired) electrons. The van der Waals surface area contributed by atoms with Crippen LogP contribution >= 0.6 is 23.2 Å². The largest absolute Gasteiger partial charge is 0.398 e. The van der Waals surface area contributed by atoms with Crippen LogP contribution < -0.4 is 11.1 Å². The van der Waals surface area contributed by atoms with Crippen LogP contribution in [0, 0.1) is 0 Å². The number of rotatable bonds is 3. The minimum atomic E-state index is -0.259. The molecule has 0 saturated heterocycles. The molecule has 2 rings (SSSR count). The van der Waals surface area contributed by atoms with Crippen molar-refractivity contribution < 1.29 is 4.79 Å². The Morgan fingerprint density at radius 1 is 1.15 bits per heavy atom. The molecule has 0 aliphatic carbocycles. The van der Waals surface area contributed by atoms with Crippen LogP contribution in [0.15, 0.2) is 42.5 Å². The van der Waals surface area contributed by atoms with Crippen LogP contribution in [-0.4, -0.2) is 5.91 Å². The van der Waals surface area contributed by atoms with E-state index >= 15 is 0 Å². The van der Waals surface area contributed by atoms with E-state index in [-0.39, 0.29) is 17.0 Å². The highest BCUT2D eigenvalue weighted by Gasteiger charge is 2.15. The number of hydrogen-bond acceptors (Lipinski definition) is 2. The molecular weight excluding hydrogens is 295 g/mol.